The van der Waals surface area contributed by atoms with Crippen LogP contribution < -0.4 is 15.1 Å². The van der Waals surface area contributed by atoms with Crippen LogP contribution in [0.2, 0.25) is 0 Å². The standard InChI is InChI=1S/C23H20F3N5O5/c1-28-7-8-29-17-6-5-16(31(35)36)9-13(17)11-22(18(29)12-28)19(32)27-21(34)30(20(22)33)15-4-2-3-14(10-15)23(24,25)26/h2-6,9-10,18H,7-8,11-12H2,1H3,(H,27,32,34)/t18-,22+/m0/s1. The fourth-order valence-corrected chi connectivity index (χ4v) is 5.31. The number of alkyl halides is 3. The van der Waals surface area contributed by atoms with Crippen molar-refractivity contribution in [3.05, 3.63) is 63.7 Å². The summed E-state index contributed by atoms with van der Waals surface area (Å²) in [7, 11) is 1.80. The topological polar surface area (TPSA) is 116 Å². The molecular formula is C23H20F3N5O5. The summed E-state index contributed by atoms with van der Waals surface area (Å²) in [5.74, 6) is -1.86. The minimum atomic E-state index is -4.72. The van der Waals surface area contributed by atoms with Gasteiger partial charge in [0.15, 0.2) is 5.41 Å². The number of nitro benzene ring substituents is 1. The Morgan fingerprint density at radius 1 is 1.11 bits per heavy atom. The van der Waals surface area contributed by atoms with Crippen LogP contribution in [0.1, 0.15) is 11.1 Å². The molecule has 2 aromatic carbocycles. The van der Waals surface area contributed by atoms with E-state index in [2.05, 4.69) is 5.32 Å². The normalized spacial score (nSPS) is 24.4. The van der Waals surface area contributed by atoms with E-state index < -0.39 is 46.0 Å². The van der Waals surface area contributed by atoms with Gasteiger partial charge in [0, 0.05) is 43.9 Å². The first kappa shape index (κ1) is 23.7. The molecule has 3 heterocycles. The van der Waals surface area contributed by atoms with Crippen molar-refractivity contribution in [1.29, 1.82) is 0 Å². The summed E-state index contributed by atoms with van der Waals surface area (Å²) in [5.41, 5.74) is -2.53. The number of halogens is 3. The Labute approximate surface area is 202 Å². The summed E-state index contributed by atoms with van der Waals surface area (Å²) in [6, 6.07) is 6.02. The van der Waals surface area contributed by atoms with Gasteiger partial charge in [0.25, 0.3) is 11.6 Å². The zero-order valence-corrected chi connectivity index (χ0v) is 18.9. The number of rotatable bonds is 2. The molecule has 0 unspecified atom stereocenters. The highest BCUT2D eigenvalue weighted by Crippen LogP contribution is 2.47. The molecule has 4 amide bonds. The Balaban J connectivity index is 1.67. The zero-order chi connectivity index (χ0) is 26.0. The van der Waals surface area contributed by atoms with Crippen molar-refractivity contribution in [3.63, 3.8) is 0 Å². The zero-order valence-electron chi connectivity index (χ0n) is 18.9. The third-order valence-corrected chi connectivity index (χ3v) is 7.05. The molecule has 5 rings (SSSR count). The number of piperazine rings is 1. The van der Waals surface area contributed by atoms with E-state index in [9.17, 15) is 37.7 Å². The summed E-state index contributed by atoms with van der Waals surface area (Å²) in [6.45, 7) is 1.22. The highest BCUT2D eigenvalue weighted by atomic mass is 19.4. The first-order chi connectivity index (χ1) is 16.9. The highest BCUT2D eigenvalue weighted by Gasteiger charge is 2.63. The molecule has 188 valence electrons. The number of amides is 4. The number of non-ortho nitro benzene ring substituents is 1. The number of fused-ring (bicyclic) bond motifs is 4. The number of carbonyl (C=O) groups excluding carboxylic acids is 3. The SMILES string of the molecule is CN1CCN2c3ccc([N+](=O)[O-])cc3C[C@]3(C(=O)NC(=O)N(c4cccc(C(F)(F)F)c4)C3=O)[C@@H]2C1. The van der Waals surface area contributed by atoms with Gasteiger partial charge >= 0.3 is 12.2 Å². The van der Waals surface area contributed by atoms with Crippen LogP contribution in [-0.4, -0.2) is 60.4 Å². The largest absolute Gasteiger partial charge is 0.416 e. The number of nitrogens with one attached hydrogen (secondary N) is 1. The Kier molecular flexibility index (Phi) is 5.28. The predicted molar refractivity (Wildman–Crippen MR) is 120 cm³/mol. The van der Waals surface area contributed by atoms with Crippen molar-refractivity contribution < 1.29 is 32.5 Å². The smallest absolute Gasteiger partial charge is 0.364 e. The Hall–Kier alpha value is -4.00. The lowest BCUT2D eigenvalue weighted by Crippen LogP contribution is -2.75. The van der Waals surface area contributed by atoms with Gasteiger partial charge in [0.05, 0.1) is 22.2 Å². The molecular weight excluding hydrogens is 483 g/mol. The number of likely N-dealkylation sites (N-methyl/N-ethyl adjacent to an activating group) is 1. The molecule has 0 aromatic heterocycles. The van der Waals surface area contributed by atoms with Gasteiger partial charge in [-0.05, 0) is 36.9 Å². The van der Waals surface area contributed by atoms with E-state index in [4.69, 9.17) is 0 Å². The number of benzene rings is 2. The molecule has 1 N–H and O–H groups in total. The Morgan fingerprint density at radius 2 is 1.86 bits per heavy atom. The summed E-state index contributed by atoms with van der Waals surface area (Å²) < 4.78 is 40.0. The van der Waals surface area contributed by atoms with Gasteiger partial charge in [-0.1, -0.05) is 6.07 Å². The minimum absolute atomic E-state index is 0.231. The number of imide groups is 2. The van der Waals surface area contributed by atoms with E-state index in [-0.39, 0.29) is 24.3 Å². The molecule has 10 nitrogen and oxygen atoms in total. The average Bonchev–Trinajstić information content (AvgIpc) is 2.81. The van der Waals surface area contributed by atoms with Gasteiger partial charge in [-0.2, -0.15) is 13.2 Å². The molecule has 2 atom stereocenters. The van der Waals surface area contributed by atoms with E-state index in [0.29, 0.717) is 35.3 Å². The van der Waals surface area contributed by atoms with Gasteiger partial charge in [-0.15, -0.1) is 0 Å². The van der Waals surface area contributed by atoms with Crippen LogP contribution in [0, 0.1) is 15.5 Å². The quantitative estimate of drug-likeness (QED) is 0.380. The average molecular weight is 503 g/mol. The van der Waals surface area contributed by atoms with Crippen LogP contribution in [0.25, 0.3) is 0 Å². The monoisotopic (exact) mass is 503 g/mol. The van der Waals surface area contributed by atoms with Gasteiger partial charge in [-0.3, -0.25) is 25.0 Å². The first-order valence-electron chi connectivity index (χ1n) is 11.0. The number of barbiturate groups is 1. The Morgan fingerprint density at radius 3 is 2.56 bits per heavy atom. The molecule has 3 aliphatic rings. The highest BCUT2D eigenvalue weighted by molar-refractivity contribution is 6.30. The van der Waals surface area contributed by atoms with Crippen molar-refractivity contribution in [2.75, 3.05) is 36.5 Å². The van der Waals surface area contributed by atoms with Crippen molar-refractivity contribution in [2.45, 2.75) is 18.6 Å². The molecule has 13 heteroatoms. The molecule has 36 heavy (non-hydrogen) atoms. The maximum atomic E-state index is 14.1. The molecule has 3 aliphatic heterocycles. The summed E-state index contributed by atoms with van der Waals surface area (Å²) in [4.78, 5) is 55.4. The lowest BCUT2D eigenvalue weighted by atomic mass is 9.67. The maximum absolute atomic E-state index is 14.1. The minimum Gasteiger partial charge on any atom is -0.364 e. The second-order valence-corrected chi connectivity index (χ2v) is 9.14. The lowest BCUT2D eigenvalue weighted by molar-refractivity contribution is -0.384. The molecule has 2 aromatic rings. The van der Waals surface area contributed by atoms with E-state index in [1.807, 2.05) is 9.80 Å². The number of hydrogen-bond acceptors (Lipinski definition) is 7. The third-order valence-electron chi connectivity index (χ3n) is 7.05. The third kappa shape index (κ3) is 3.49. The Bertz CT molecular complexity index is 1320. The van der Waals surface area contributed by atoms with Crippen molar-refractivity contribution >= 4 is 34.9 Å². The molecule has 0 saturated carbocycles. The first-order valence-corrected chi connectivity index (χ1v) is 11.0. The number of carbonyl (C=O) groups is 3. The van der Waals surface area contributed by atoms with Crippen molar-refractivity contribution in [2.24, 2.45) is 5.41 Å². The van der Waals surface area contributed by atoms with Gasteiger partial charge in [-0.25, -0.2) is 9.69 Å². The molecule has 0 bridgehead atoms. The van der Waals surface area contributed by atoms with E-state index >= 15 is 0 Å². The van der Waals surface area contributed by atoms with E-state index in [0.717, 1.165) is 12.1 Å². The van der Waals surface area contributed by atoms with Crippen molar-refractivity contribution in [1.82, 2.24) is 10.2 Å². The second-order valence-electron chi connectivity index (χ2n) is 9.14. The van der Waals surface area contributed by atoms with Crippen LogP contribution in [0.3, 0.4) is 0 Å². The van der Waals surface area contributed by atoms with Crippen LogP contribution in [-0.2, 0) is 22.2 Å². The van der Waals surface area contributed by atoms with Gasteiger partial charge in [0.2, 0.25) is 5.91 Å². The predicted octanol–water partition coefficient (Wildman–Crippen LogP) is 2.56. The number of nitro groups is 1. The molecule has 2 fully saturated rings. The van der Waals surface area contributed by atoms with Gasteiger partial charge < -0.3 is 9.80 Å². The van der Waals surface area contributed by atoms with Crippen LogP contribution in [0.4, 0.5) is 35.0 Å². The number of urea groups is 1. The molecule has 1 spiro atoms. The second kappa shape index (κ2) is 8.01. The summed E-state index contributed by atoms with van der Waals surface area (Å²) in [5, 5.41) is 13.6. The number of hydrogen-bond donors (Lipinski definition) is 1. The maximum Gasteiger partial charge on any atom is 0.416 e. The van der Waals surface area contributed by atoms with Crippen molar-refractivity contribution in [3.8, 4) is 0 Å². The van der Waals surface area contributed by atoms with Gasteiger partial charge in [0.1, 0.15) is 0 Å². The van der Waals surface area contributed by atoms with Crippen LogP contribution in [0.5, 0.6) is 0 Å². The van der Waals surface area contributed by atoms with Crippen LogP contribution >= 0.6 is 0 Å². The molecule has 0 radical (unpaired) electrons. The molecule has 2 saturated heterocycles. The fraction of sp³-hybridized carbons (Fsp3) is 0.348. The summed E-state index contributed by atoms with van der Waals surface area (Å²) in [6.07, 6.45) is -4.98. The molecule has 0 aliphatic carbocycles. The van der Waals surface area contributed by atoms with E-state index in [1.165, 1.54) is 18.2 Å². The van der Waals surface area contributed by atoms with Crippen LogP contribution in [0.15, 0.2) is 42.5 Å². The van der Waals surface area contributed by atoms with E-state index in [1.54, 1.807) is 13.1 Å². The lowest BCUT2D eigenvalue weighted by Gasteiger charge is -2.54. The number of nitrogens with zero attached hydrogens (tertiary/aromatic N) is 4. The summed E-state index contributed by atoms with van der Waals surface area (Å²) >= 11 is 0. The fourth-order valence-electron chi connectivity index (χ4n) is 5.31. The number of anilines is 2.